The molecular formula is C22H23ClN4OS. The van der Waals surface area contributed by atoms with Gasteiger partial charge in [-0.1, -0.05) is 53.7 Å². The second-order valence-corrected chi connectivity index (χ2v) is 8.47. The van der Waals surface area contributed by atoms with E-state index < -0.39 is 0 Å². The maximum atomic E-state index is 12.2. The molecule has 0 saturated carbocycles. The number of rotatable bonds is 7. The number of benzene rings is 2. The minimum Gasteiger partial charge on any atom is -0.343 e. The lowest BCUT2D eigenvalue weighted by atomic mass is 10.2. The normalized spacial score (nSPS) is 13.8. The van der Waals surface area contributed by atoms with Crippen molar-refractivity contribution in [3.8, 4) is 17.1 Å². The maximum absolute atomic E-state index is 12.2. The van der Waals surface area contributed by atoms with E-state index in [1.165, 1.54) is 0 Å². The number of amides is 1. The van der Waals surface area contributed by atoms with Crippen LogP contribution >= 0.6 is 23.4 Å². The summed E-state index contributed by atoms with van der Waals surface area (Å²) in [5.41, 5.74) is 1.84. The smallest absolute Gasteiger partial charge is 0.222 e. The molecule has 4 rings (SSSR count). The highest BCUT2D eigenvalue weighted by Crippen LogP contribution is 2.32. The number of nitrogens with zero attached hydrogens (tertiary/aromatic N) is 4. The molecule has 2 aromatic carbocycles. The number of halogens is 1. The SMILES string of the molecule is O=C(CCCSc1nnc(-c2ccccc2Cl)n1-c1ccccc1)N1CCCC1. The Hall–Kier alpha value is -2.31. The molecule has 1 amide bonds. The van der Waals surface area contributed by atoms with Gasteiger partial charge in [0, 0.05) is 36.5 Å². The number of likely N-dealkylation sites (tertiary alicyclic amines) is 1. The molecular weight excluding hydrogens is 404 g/mol. The summed E-state index contributed by atoms with van der Waals surface area (Å²) in [5.74, 6) is 1.80. The molecule has 150 valence electrons. The van der Waals surface area contributed by atoms with Gasteiger partial charge in [0.15, 0.2) is 11.0 Å². The molecule has 2 heterocycles. The summed E-state index contributed by atoms with van der Waals surface area (Å²) in [6, 6.07) is 17.7. The lowest BCUT2D eigenvalue weighted by Gasteiger charge is -2.14. The van der Waals surface area contributed by atoms with Gasteiger partial charge in [-0.25, -0.2) is 0 Å². The Balaban J connectivity index is 1.51. The number of para-hydroxylation sites is 1. The summed E-state index contributed by atoms with van der Waals surface area (Å²) in [4.78, 5) is 14.2. The van der Waals surface area contributed by atoms with Crippen LogP contribution in [-0.2, 0) is 4.79 Å². The molecule has 0 unspecified atom stereocenters. The second kappa shape index (κ2) is 9.46. The third kappa shape index (κ3) is 4.65. The molecule has 0 spiro atoms. The molecule has 1 aliphatic rings. The van der Waals surface area contributed by atoms with Gasteiger partial charge in [0.1, 0.15) is 0 Å². The van der Waals surface area contributed by atoms with Crippen LogP contribution in [0, 0.1) is 0 Å². The van der Waals surface area contributed by atoms with E-state index in [2.05, 4.69) is 10.2 Å². The van der Waals surface area contributed by atoms with Gasteiger partial charge in [-0.15, -0.1) is 10.2 Å². The fourth-order valence-corrected chi connectivity index (χ4v) is 4.61. The van der Waals surface area contributed by atoms with Crippen LogP contribution in [0.1, 0.15) is 25.7 Å². The molecule has 29 heavy (non-hydrogen) atoms. The van der Waals surface area contributed by atoms with Gasteiger partial charge in [0.25, 0.3) is 0 Å². The first kappa shape index (κ1) is 20.0. The van der Waals surface area contributed by atoms with Gasteiger partial charge in [0.2, 0.25) is 5.91 Å². The van der Waals surface area contributed by atoms with Crippen molar-refractivity contribution in [3.63, 3.8) is 0 Å². The summed E-state index contributed by atoms with van der Waals surface area (Å²) in [6.45, 7) is 1.82. The van der Waals surface area contributed by atoms with E-state index in [9.17, 15) is 4.79 Å². The molecule has 0 N–H and O–H groups in total. The van der Waals surface area contributed by atoms with Crippen molar-refractivity contribution < 1.29 is 4.79 Å². The van der Waals surface area contributed by atoms with Gasteiger partial charge in [-0.05, 0) is 43.5 Å². The Labute approximate surface area is 180 Å². The number of carbonyl (C=O) groups excluding carboxylic acids is 1. The highest BCUT2D eigenvalue weighted by Gasteiger charge is 2.19. The van der Waals surface area contributed by atoms with Crippen LogP contribution in [0.25, 0.3) is 17.1 Å². The van der Waals surface area contributed by atoms with Crippen molar-refractivity contribution in [2.75, 3.05) is 18.8 Å². The van der Waals surface area contributed by atoms with E-state index in [1.54, 1.807) is 11.8 Å². The predicted octanol–water partition coefficient (Wildman–Crippen LogP) is 5.08. The fourth-order valence-electron chi connectivity index (χ4n) is 3.50. The molecule has 1 fully saturated rings. The molecule has 7 heteroatoms. The molecule has 5 nitrogen and oxygen atoms in total. The largest absolute Gasteiger partial charge is 0.343 e. The molecule has 1 aliphatic heterocycles. The fraction of sp³-hybridized carbons (Fsp3) is 0.318. The van der Waals surface area contributed by atoms with Crippen LogP contribution in [0.5, 0.6) is 0 Å². The molecule has 0 atom stereocenters. The zero-order chi connectivity index (χ0) is 20.1. The molecule has 3 aromatic rings. The molecule has 1 aromatic heterocycles. The van der Waals surface area contributed by atoms with Crippen LogP contribution in [0.2, 0.25) is 5.02 Å². The van der Waals surface area contributed by atoms with Gasteiger partial charge in [0.05, 0.1) is 5.02 Å². The highest BCUT2D eigenvalue weighted by molar-refractivity contribution is 7.99. The summed E-state index contributed by atoms with van der Waals surface area (Å²) in [7, 11) is 0. The number of hydrogen-bond donors (Lipinski definition) is 0. The first-order valence-electron chi connectivity index (χ1n) is 9.90. The minimum absolute atomic E-state index is 0.268. The lowest BCUT2D eigenvalue weighted by molar-refractivity contribution is -0.130. The van der Waals surface area contributed by atoms with Crippen molar-refractivity contribution in [2.24, 2.45) is 0 Å². The summed E-state index contributed by atoms with van der Waals surface area (Å²) in [5, 5.41) is 10.3. The molecule has 0 aliphatic carbocycles. The number of aromatic nitrogens is 3. The van der Waals surface area contributed by atoms with E-state index >= 15 is 0 Å². The van der Waals surface area contributed by atoms with Crippen molar-refractivity contribution in [1.82, 2.24) is 19.7 Å². The Bertz CT molecular complexity index is 970. The first-order chi connectivity index (χ1) is 14.2. The van der Waals surface area contributed by atoms with Gasteiger partial charge < -0.3 is 4.90 Å². The Morgan fingerprint density at radius 1 is 1.00 bits per heavy atom. The average Bonchev–Trinajstić information content (AvgIpc) is 3.42. The Morgan fingerprint density at radius 2 is 1.72 bits per heavy atom. The third-order valence-corrected chi connectivity index (χ3v) is 6.33. The van der Waals surface area contributed by atoms with Gasteiger partial charge >= 0.3 is 0 Å². The Kier molecular flexibility index (Phi) is 6.52. The quantitative estimate of drug-likeness (QED) is 0.390. The average molecular weight is 427 g/mol. The molecule has 0 radical (unpaired) electrons. The third-order valence-electron chi connectivity index (χ3n) is 4.99. The van der Waals surface area contributed by atoms with Crippen LogP contribution in [-0.4, -0.2) is 44.4 Å². The number of hydrogen-bond acceptors (Lipinski definition) is 4. The first-order valence-corrected chi connectivity index (χ1v) is 11.3. The van der Waals surface area contributed by atoms with E-state index in [-0.39, 0.29) is 5.91 Å². The standard InChI is InChI=1S/C22H23ClN4OS/c23-19-12-5-4-11-18(19)21-24-25-22(27(21)17-9-2-1-3-10-17)29-16-8-13-20(28)26-14-6-7-15-26/h1-5,9-12H,6-8,13-16H2. The second-order valence-electron chi connectivity index (χ2n) is 7.00. The minimum atomic E-state index is 0.268. The lowest BCUT2D eigenvalue weighted by Crippen LogP contribution is -2.27. The van der Waals surface area contributed by atoms with E-state index in [4.69, 9.17) is 11.6 Å². The van der Waals surface area contributed by atoms with Crippen LogP contribution in [0.4, 0.5) is 0 Å². The van der Waals surface area contributed by atoms with Crippen molar-refractivity contribution in [3.05, 3.63) is 59.6 Å². The number of thioether (sulfide) groups is 1. The van der Waals surface area contributed by atoms with Crippen LogP contribution in [0.3, 0.4) is 0 Å². The molecule has 1 saturated heterocycles. The number of carbonyl (C=O) groups is 1. The van der Waals surface area contributed by atoms with Crippen LogP contribution in [0.15, 0.2) is 59.8 Å². The maximum Gasteiger partial charge on any atom is 0.222 e. The summed E-state index contributed by atoms with van der Waals surface area (Å²) >= 11 is 8.04. The van der Waals surface area contributed by atoms with Gasteiger partial charge in [-0.3, -0.25) is 9.36 Å². The van der Waals surface area contributed by atoms with E-state index in [0.29, 0.717) is 11.4 Å². The van der Waals surface area contributed by atoms with E-state index in [1.807, 2.05) is 64.1 Å². The monoisotopic (exact) mass is 426 g/mol. The van der Waals surface area contributed by atoms with E-state index in [0.717, 1.165) is 60.3 Å². The summed E-state index contributed by atoms with van der Waals surface area (Å²) < 4.78 is 2.04. The Morgan fingerprint density at radius 3 is 2.48 bits per heavy atom. The predicted molar refractivity (Wildman–Crippen MR) is 118 cm³/mol. The van der Waals surface area contributed by atoms with Gasteiger partial charge in [-0.2, -0.15) is 0 Å². The van der Waals surface area contributed by atoms with Crippen LogP contribution < -0.4 is 0 Å². The summed E-state index contributed by atoms with van der Waals surface area (Å²) in [6.07, 6.45) is 3.67. The van der Waals surface area contributed by atoms with Crippen molar-refractivity contribution in [1.29, 1.82) is 0 Å². The van der Waals surface area contributed by atoms with Crippen molar-refractivity contribution >= 4 is 29.3 Å². The zero-order valence-electron chi connectivity index (χ0n) is 16.1. The topological polar surface area (TPSA) is 51.0 Å². The van der Waals surface area contributed by atoms with Crippen molar-refractivity contribution in [2.45, 2.75) is 30.8 Å². The zero-order valence-corrected chi connectivity index (χ0v) is 17.7. The highest BCUT2D eigenvalue weighted by atomic mass is 35.5. The molecule has 0 bridgehead atoms.